The van der Waals surface area contributed by atoms with Crippen LogP contribution >= 0.6 is 0 Å². The van der Waals surface area contributed by atoms with Gasteiger partial charge in [-0.25, -0.2) is 4.98 Å². The molecular weight excluding hydrogens is 214 g/mol. The van der Waals surface area contributed by atoms with E-state index in [-0.39, 0.29) is 6.61 Å². The highest BCUT2D eigenvalue weighted by Crippen LogP contribution is 2.26. The van der Waals surface area contributed by atoms with E-state index in [1.807, 2.05) is 18.2 Å². The monoisotopic (exact) mass is 231 g/mol. The molecule has 90 valence electrons. The Labute approximate surface area is 100 Å². The third-order valence-electron chi connectivity index (χ3n) is 3.38. The molecule has 17 heavy (non-hydrogen) atoms. The molecule has 2 aromatic rings. The van der Waals surface area contributed by atoms with Crippen LogP contribution in [-0.2, 0) is 6.54 Å². The Morgan fingerprint density at radius 3 is 3.06 bits per heavy atom. The molecule has 1 aromatic carbocycles. The summed E-state index contributed by atoms with van der Waals surface area (Å²) in [4.78, 5) is 4.70. The lowest BCUT2D eigenvalue weighted by molar-refractivity contribution is 0.274. The van der Waals surface area contributed by atoms with E-state index in [0.717, 1.165) is 29.8 Å². The third kappa shape index (κ3) is 1.83. The normalized spacial score (nSPS) is 20.2. The van der Waals surface area contributed by atoms with E-state index in [0.29, 0.717) is 12.6 Å². The van der Waals surface area contributed by atoms with Gasteiger partial charge in [-0.05, 0) is 31.5 Å². The Hall–Kier alpha value is -1.39. The Morgan fingerprint density at radius 1 is 1.41 bits per heavy atom. The van der Waals surface area contributed by atoms with Gasteiger partial charge in [0.15, 0.2) is 0 Å². The smallest absolute Gasteiger partial charge is 0.127 e. The standard InChI is InChI=1S/C13H17N3O/c17-9-8-16-12-6-2-1-4-10(12)15-13(16)11-5-3-7-14-11/h1-2,4,6,11,14,17H,3,5,7-9H2/t11-/m1/s1. The number of hydrogen-bond acceptors (Lipinski definition) is 3. The molecule has 0 aliphatic carbocycles. The van der Waals surface area contributed by atoms with Crippen LogP contribution in [0.2, 0.25) is 0 Å². The van der Waals surface area contributed by atoms with E-state index >= 15 is 0 Å². The van der Waals surface area contributed by atoms with E-state index < -0.39 is 0 Å². The maximum absolute atomic E-state index is 9.20. The minimum absolute atomic E-state index is 0.153. The first-order chi connectivity index (χ1) is 8.40. The lowest BCUT2D eigenvalue weighted by Gasteiger charge is -2.12. The number of aromatic nitrogens is 2. The maximum Gasteiger partial charge on any atom is 0.127 e. The van der Waals surface area contributed by atoms with Gasteiger partial charge in [0.25, 0.3) is 0 Å². The average molecular weight is 231 g/mol. The van der Waals surface area contributed by atoms with Crippen molar-refractivity contribution in [2.24, 2.45) is 0 Å². The number of hydrogen-bond donors (Lipinski definition) is 2. The predicted octanol–water partition coefficient (Wildman–Crippen LogP) is 1.45. The molecule has 1 aromatic heterocycles. The van der Waals surface area contributed by atoms with Gasteiger partial charge in [-0.3, -0.25) is 0 Å². The van der Waals surface area contributed by atoms with Gasteiger partial charge >= 0.3 is 0 Å². The molecule has 2 heterocycles. The van der Waals surface area contributed by atoms with Gasteiger partial charge in [-0.15, -0.1) is 0 Å². The highest BCUT2D eigenvalue weighted by Gasteiger charge is 2.22. The fraction of sp³-hybridized carbons (Fsp3) is 0.462. The Kier molecular flexibility index (Phi) is 2.82. The summed E-state index contributed by atoms with van der Waals surface area (Å²) in [5, 5.41) is 12.7. The number of fused-ring (bicyclic) bond motifs is 1. The van der Waals surface area contributed by atoms with E-state index in [9.17, 15) is 5.11 Å². The van der Waals surface area contributed by atoms with Gasteiger partial charge in [0, 0.05) is 6.54 Å². The molecule has 1 saturated heterocycles. The van der Waals surface area contributed by atoms with Crippen molar-refractivity contribution in [2.75, 3.05) is 13.2 Å². The summed E-state index contributed by atoms with van der Waals surface area (Å²) in [5.41, 5.74) is 2.13. The molecule has 0 saturated carbocycles. The largest absolute Gasteiger partial charge is 0.395 e. The third-order valence-corrected chi connectivity index (χ3v) is 3.38. The molecule has 0 radical (unpaired) electrons. The number of aliphatic hydroxyl groups is 1. The van der Waals surface area contributed by atoms with E-state index in [1.165, 1.54) is 6.42 Å². The van der Waals surface area contributed by atoms with Gasteiger partial charge in [-0.2, -0.15) is 0 Å². The first-order valence-electron chi connectivity index (χ1n) is 6.19. The van der Waals surface area contributed by atoms with Crippen LogP contribution in [0.15, 0.2) is 24.3 Å². The summed E-state index contributed by atoms with van der Waals surface area (Å²) in [6, 6.07) is 8.46. The fourth-order valence-electron chi connectivity index (χ4n) is 2.60. The Balaban J connectivity index is 2.11. The summed E-state index contributed by atoms with van der Waals surface area (Å²) < 4.78 is 2.14. The molecule has 4 heteroatoms. The minimum Gasteiger partial charge on any atom is -0.395 e. The van der Waals surface area contributed by atoms with Crippen molar-refractivity contribution in [3.05, 3.63) is 30.1 Å². The van der Waals surface area contributed by atoms with Crippen LogP contribution in [-0.4, -0.2) is 27.8 Å². The van der Waals surface area contributed by atoms with Crippen molar-refractivity contribution in [2.45, 2.75) is 25.4 Å². The Bertz CT molecular complexity index is 514. The molecule has 1 aliphatic rings. The molecule has 0 unspecified atom stereocenters. The molecule has 4 nitrogen and oxygen atoms in total. The number of para-hydroxylation sites is 2. The van der Waals surface area contributed by atoms with Crippen molar-refractivity contribution in [3.8, 4) is 0 Å². The number of aliphatic hydroxyl groups excluding tert-OH is 1. The fourth-order valence-corrected chi connectivity index (χ4v) is 2.60. The number of nitrogens with zero attached hydrogens (tertiary/aromatic N) is 2. The maximum atomic E-state index is 9.20. The average Bonchev–Trinajstić information content (AvgIpc) is 2.97. The molecule has 1 fully saturated rings. The van der Waals surface area contributed by atoms with Crippen LogP contribution in [0.4, 0.5) is 0 Å². The molecule has 1 atom stereocenters. The second-order valence-electron chi connectivity index (χ2n) is 4.48. The van der Waals surface area contributed by atoms with Gasteiger partial charge < -0.3 is 15.0 Å². The molecule has 3 rings (SSSR count). The molecule has 0 spiro atoms. The molecule has 0 amide bonds. The quantitative estimate of drug-likeness (QED) is 0.840. The SMILES string of the molecule is OCCn1c([C@H]2CCCN2)nc2ccccc21. The Morgan fingerprint density at radius 2 is 2.29 bits per heavy atom. The van der Waals surface area contributed by atoms with Gasteiger partial charge in [0.2, 0.25) is 0 Å². The summed E-state index contributed by atoms with van der Waals surface area (Å²) >= 11 is 0. The van der Waals surface area contributed by atoms with Crippen molar-refractivity contribution in [3.63, 3.8) is 0 Å². The zero-order valence-corrected chi connectivity index (χ0v) is 9.76. The van der Waals surface area contributed by atoms with E-state index in [4.69, 9.17) is 4.98 Å². The molecule has 1 aliphatic heterocycles. The van der Waals surface area contributed by atoms with Crippen LogP contribution < -0.4 is 5.32 Å². The molecular formula is C13H17N3O. The number of rotatable bonds is 3. The van der Waals surface area contributed by atoms with Gasteiger partial charge in [-0.1, -0.05) is 12.1 Å². The zero-order chi connectivity index (χ0) is 11.7. The number of imidazole rings is 1. The summed E-state index contributed by atoms with van der Waals surface area (Å²) in [7, 11) is 0. The van der Waals surface area contributed by atoms with Crippen molar-refractivity contribution >= 4 is 11.0 Å². The minimum atomic E-state index is 0.153. The predicted molar refractivity (Wildman–Crippen MR) is 66.8 cm³/mol. The summed E-state index contributed by atoms with van der Waals surface area (Å²) in [6.07, 6.45) is 2.34. The van der Waals surface area contributed by atoms with Crippen LogP contribution in [0.25, 0.3) is 11.0 Å². The first kappa shape index (κ1) is 10.7. The first-order valence-corrected chi connectivity index (χ1v) is 6.19. The lowest BCUT2D eigenvalue weighted by atomic mass is 10.2. The zero-order valence-electron chi connectivity index (χ0n) is 9.76. The number of benzene rings is 1. The number of nitrogens with one attached hydrogen (secondary N) is 1. The van der Waals surface area contributed by atoms with Crippen LogP contribution in [0.5, 0.6) is 0 Å². The van der Waals surface area contributed by atoms with Crippen molar-refractivity contribution in [1.29, 1.82) is 0 Å². The van der Waals surface area contributed by atoms with Crippen molar-refractivity contribution in [1.82, 2.24) is 14.9 Å². The van der Waals surface area contributed by atoms with E-state index in [1.54, 1.807) is 0 Å². The molecule has 2 N–H and O–H groups in total. The van der Waals surface area contributed by atoms with Gasteiger partial charge in [0.1, 0.15) is 5.82 Å². The van der Waals surface area contributed by atoms with Crippen LogP contribution in [0, 0.1) is 0 Å². The second-order valence-corrected chi connectivity index (χ2v) is 4.48. The summed E-state index contributed by atoms with van der Waals surface area (Å²) in [6.45, 7) is 1.83. The highest BCUT2D eigenvalue weighted by molar-refractivity contribution is 5.76. The van der Waals surface area contributed by atoms with Crippen molar-refractivity contribution < 1.29 is 5.11 Å². The lowest BCUT2D eigenvalue weighted by Crippen LogP contribution is -2.19. The second kappa shape index (κ2) is 4.47. The van der Waals surface area contributed by atoms with E-state index in [2.05, 4.69) is 16.0 Å². The highest BCUT2D eigenvalue weighted by atomic mass is 16.3. The van der Waals surface area contributed by atoms with Gasteiger partial charge in [0.05, 0.1) is 23.7 Å². The summed E-state index contributed by atoms with van der Waals surface area (Å²) in [5.74, 6) is 1.07. The van der Waals surface area contributed by atoms with Crippen LogP contribution in [0.3, 0.4) is 0 Å². The molecule has 0 bridgehead atoms. The van der Waals surface area contributed by atoms with Crippen LogP contribution in [0.1, 0.15) is 24.7 Å². The topological polar surface area (TPSA) is 50.1 Å².